The fourth-order valence-electron chi connectivity index (χ4n) is 2.48. The van der Waals surface area contributed by atoms with Crippen LogP contribution in [0.1, 0.15) is 33.1 Å². The Kier molecular flexibility index (Phi) is 5.43. The highest BCUT2D eigenvalue weighted by atomic mass is 35.5. The van der Waals surface area contributed by atoms with E-state index < -0.39 is 0 Å². The van der Waals surface area contributed by atoms with E-state index in [1.807, 2.05) is 0 Å². The van der Waals surface area contributed by atoms with Crippen LogP contribution in [0, 0.1) is 5.92 Å². The van der Waals surface area contributed by atoms with Gasteiger partial charge in [-0.2, -0.15) is 4.98 Å². The first-order valence-corrected chi connectivity index (χ1v) is 7.56. The first-order chi connectivity index (χ1) is 9.60. The molecule has 2 N–H and O–H groups in total. The number of aromatic nitrogens is 2. The van der Waals surface area contributed by atoms with Crippen LogP contribution in [0.25, 0.3) is 0 Å². The number of hydrogen-bond acceptors (Lipinski definition) is 5. The Morgan fingerprint density at radius 3 is 3.00 bits per heavy atom. The Bertz CT molecular complexity index is 441. The van der Waals surface area contributed by atoms with Crippen molar-refractivity contribution in [1.29, 1.82) is 0 Å². The number of rotatable bonds is 5. The Labute approximate surface area is 125 Å². The summed E-state index contributed by atoms with van der Waals surface area (Å²) in [4.78, 5) is 8.62. The minimum absolute atomic E-state index is 0.223. The second kappa shape index (κ2) is 7.09. The zero-order valence-electron chi connectivity index (χ0n) is 12.3. The lowest BCUT2D eigenvalue weighted by molar-refractivity contribution is -0.00478. The maximum absolute atomic E-state index is 6.00. The van der Waals surface area contributed by atoms with E-state index in [4.69, 9.17) is 16.3 Å². The molecule has 112 valence electrons. The molecule has 0 amide bonds. The molecule has 2 unspecified atom stereocenters. The summed E-state index contributed by atoms with van der Waals surface area (Å²) in [5.74, 6) is 1.85. The number of halogens is 1. The highest BCUT2D eigenvalue weighted by Gasteiger charge is 2.27. The van der Waals surface area contributed by atoms with Crippen molar-refractivity contribution in [2.45, 2.75) is 45.3 Å². The molecule has 2 rings (SSSR count). The number of nitrogens with zero attached hydrogens (tertiary/aromatic N) is 2. The van der Waals surface area contributed by atoms with Gasteiger partial charge < -0.3 is 15.4 Å². The molecule has 20 heavy (non-hydrogen) atoms. The van der Waals surface area contributed by atoms with E-state index in [0.717, 1.165) is 25.9 Å². The molecule has 0 bridgehead atoms. The van der Waals surface area contributed by atoms with Crippen molar-refractivity contribution in [2.24, 2.45) is 5.92 Å². The van der Waals surface area contributed by atoms with E-state index in [-0.39, 0.29) is 12.1 Å². The lowest BCUT2D eigenvalue weighted by atomic mass is 9.95. The van der Waals surface area contributed by atoms with E-state index in [1.54, 1.807) is 13.2 Å². The van der Waals surface area contributed by atoms with Crippen LogP contribution >= 0.6 is 11.6 Å². The van der Waals surface area contributed by atoms with Crippen molar-refractivity contribution >= 4 is 23.4 Å². The zero-order valence-corrected chi connectivity index (χ0v) is 13.1. The van der Waals surface area contributed by atoms with Crippen molar-refractivity contribution in [3.63, 3.8) is 0 Å². The topological polar surface area (TPSA) is 59.1 Å². The van der Waals surface area contributed by atoms with Gasteiger partial charge in [0.25, 0.3) is 0 Å². The molecule has 5 nitrogen and oxygen atoms in total. The van der Waals surface area contributed by atoms with Gasteiger partial charge in [-0.05, 0) is 25.2 Å². The predicted octanol–water partition coefficient (Wildman–Crippen LogP) is 3.18. The molecule has 2 atom stereocenters. The van der Waals surface area contributed by atoms with E-state index in [9.17, 15) is 0 Å². The highest BCUT2D eigenvalue weighted by Crippen LogP contribution is 2.24. The minimum atomic E-state index is 0.223. The molecule has 0 spiro atoms. The standard InChI is InChI=1S/C14H23ClN4O/c1-9(2)7-12-11(5-4-6-20-12)18-14-17-8-10(15)13(16-3)19-14/h8-9,11-12H,4-7H2,1-3H3,(H2,16,17,18,19). The maximum atomic E-state index is 6.00. The molecule has 1 saturated heterocycles. The largest absolute Gasteiger partial charge is 0.376 e. The molecule has 0 saturated carbocycles. The maximum Gasteiger partial charge on any atom is 0.225 e. The van der Waals surface area contributed by atoms with Gasteiger partial charge in [-0.3, -0.25) is 0 Å². The third-order valence-corrected chi connectivity index (χ3v) is 3.72. The van der Waals surface area contributed by atoms with Crippen LogP contribution in [-0.2, 0) is 4.74 Å². The number of anilines is 2. The monoisotopic (exact) mass is 298 g/mol. The number of ether oxygens (including phenoxy) is 1. The van der Waals surface area contributed by atoms with E-state index >= 15 is 0 Å². The van der Waals surface area contributed by atoms with E-state index in [2.05, 4.69) is 34.4 Å². The Balaban J connectivity index is 2.06. The van der Waals surface area contributed by atoms with Crippen LogP contribution in [0.3, 0.4) is 0 Å². The molecule has 0 aliphatic carbocycles. The van der Waals surface area contributed by atoms with Gasteiger partial charge in [0.05, 0.1) is 18.3 Å². The Morgan fingerprint density at radius 1 is 1.50 bits per heavy atom. The average molecular weight is 299 g/mol. The van der Waals surface area contributed by atoms with Gasteiger partial charge in [0.1, 0.15) is 10.8 Å². The molecule has 1 aromatic heterocycles. The summed E-state index contributed by atoms with van der Waals surface area (Å²) in [6.07, 6.45) is 5.03. The van der Waals surface area contributed by atoms with Crippen molar-refractivity contribution in [3.8, 4) is 0 Å². The highest BCUT2D eigenvalue weighted by molar-refractivity contribution is 6.32. The van der Waals surface area contributed by atoms with Crippen LogP contribution in [-0.4, -0.2) is 35.8 Å². The summed E-state index contributed by atoms with van der Waals surface area (Å²) in [5.41, 5.74) is 0. The van der Waals surface area contributed by atoms with Gasteiger partial charge in [0.15, 0.2) is 0 Å². The van der Waals surface area contributed by atoms with E-state index in [0.29, 0.717) is 22.7 Å². The molecule has 6 heteroatoms. The van der Waals surface area contributed by atoms with Crippen molar-refractivity contribution in [2.75, 3.05) is 24.3 Å². The molecule has 1 aliphatic heterocycles. The fraction of sp³-hybridized carbons (Fsp3) is 0.714. The van der Waals surface area contributed by atoms with Crippen LogP contribution in [0.15, 0.2) is 6.20 Å². The summed E-state index contributed by atoms with van der Waals surface area (Å²) in [7, 11) is 1.79. The lowest BCUT2D eigenvalue weighted by Crippen LogP contribution is -2.41. The molecule has 0 radical (unpaired) electrons. The molecule has 1 aromatic rings. The molecule has 1 fully saturated rings. The predicted molar refractivity (Wildman–Crippen MR) is 82.4 cm³/mol. The molecule has 1 aliphatic rings. The SMILES string of the molecule is CNc1nc(NC2CCCOC2CC(C)C)ncc1Cl. The normalized spacial score (nSPS) is 22.9. The van der Waals surface area contributed by atoms with Gasteiger partial charge in [-0.25, -0.2) is 4.98 Å². The summed E-state index contributed by atoms with van der Waals surface area (Å²) in [6.45, 7) is 5.28. The quantitative estimate of drug-likeness (QED) is 0.874. The molecular weight excluding hydrogens is 276 g/mol. The van der Waals surface area contributed by atoms with Crippen molar-refractivity contribution in [1.82, 2.24) is 9.97 Å². The minimum Gasteiger partial charge on any atom is -0.376 e. The number of nitrogens with one attached hydrogen (secondary N) is 2. The average Bonchev–Trinajstić information content (AvgIpc) is 2.42. The third-order valence-electron chi connectivity index (χ3n) is 3.44. The van der Waals surface area contributed by atoms with Gasteiger partial charge in [0, 0.05) is 13.7 Å². The summed E-state index contributed by atoms with van der Waals surface area (Å²) in [5, 5.41) is 6.88. The number of hydrogen-bond donors (Lipinski definition) is 2. The smallest absolute Gasteiger partial charge is 0.225 e. The summed E-state index contributed by atoms with van der Waals surface area (Å²) in [6, 6.07) is 0.261. The van der Waals surface area contributed by atoms with Crippen LogP contribution in [0.5, 0.6) is 0 Å². The summed E-state index contributed by atoms with van der Waals surface area (Å²) >= 11 is 6.00. The Morgan fingerprint density at radius 2 is 2.30 bits per heavy atom. The Hall–Kier alpha value is -1.07. The van der Waals surface area contributed by atoms with Crippen LogP contribution < -0.4 is 10.6 Å². The van der Waals surface area contributed by atoms with Crippen LogP contribution in [0.4, 0.5) is 11.8 Å². The first kappa shape index (κ1) is 15.3. The van der Waals surface area contributed by atoms with Gasteiger partial charge in [-0.1, -0.05) is 25.4 Å². The van der Waals surface area contributed by atoms with Gasteiger partial charge in [0.2, 0.25) is 5.95 Å². The van der Waals surface area contributed by atoms with Crippen molar-refractivity contribution < 1.29 is 4.74 Å². The molecular formula is C14H23ClN4O. The molecule has 2 heterocycles. The fourth-order valence-corrected chi connectivity index (χ4v) is 2.67. The lowest BCUT2D eigenvalue weighted by Gasteiger charge is -2.33. The third kappa shape index (κ3) is 3.96. The van der Waals surface area contributed by atoms with E-state index in [1.165, 1.54) is 0 Å². The van der Waals surface area contributed by atoms with Gasteiger partial charge >= 0.3 is 0 Å². The van der Waals surface area contributed by atoms with Crippen molar-refractivity contribution in [3.05, 3.63) is 11.2 Å². The van der Waals surface area contributed by atoms with Gasteiger partial charge in [-0.15, -0.1) is 0 Å². The zero-order chi connectivity index (χ0) is 14.5. The second-order valence-electron chi connectivity index (χ2n) is 5.57. The summed E-state index contributed by atoms with van der Waals surface area (Å²) < 4.78 is 5.89. The molecule has 0 aromatic carbocycles. The van der Waals surface area contributed by atoms with Crippen LogP contribution in [0.2, 0.25) is 5.02 Å². The second-order valence-corrected chi connectivity index (χ2v) is 5.98. The first-order valence-electron chi connectivity index (χ1n) is 7.18.